The van der Waals surface area contributed by atoms with Gasteiger partial charge in [0.25, 0.3) is 0 Å². The van der Waals surface area contributed by atoms with Crippen LogP contribution in [0.1, 0.15) is 5.56 Å². The van der Waals surface area contributed by atoms with Crippen LogP contribution in [0.25, 0.3) is 0 Å². The molecule has 3 nitrogen and oxygen atoms in total. The van der Waals surface area contributed by atoms with Crippen LogP contribution in [0.3, 0.4) is 0 Å². The summed E-state index contributed by atoms with van der Waals surface area (Å²) >= 11 is 3.29. The van der Waals surface area contributed by atoms with Crippen molar-refractivity contribution in [3.8, 4) is 5.88 Å². The van der Waals surface area contributed by atoms with E-state index in [0.717, 1.165) is 10.5 Å². The molecule has 6 heteroatoms. The minimum atomic E-state index is -0.594. The lowest BCUT2D eigenvalue weighted by atomic mass is 10.2. The summed E-state index contributed by atoms with van der Waals surface area (Å²) < 4.78 is 32.1. The number of rotatable bonds is 4. The molecule has 19 heavy (non-hydrogen) atoms. The fraction of sp³-hybridized carbons (Fsp3) is 0.154. The van der Waals surface area contributed by atoms with Gasteiger partial charge in [0, 0.05) is 28.8 Å². The number of hydrogen-bond donors (Lipinski definition) is 1. The Kier molecular flexibility index (Phi) is 4.31. The van der Waals surface area contributed by atoms with Gasteiger partial charge in [0.15, 0.2) is 0 Å². The van der Waals surface area contributed by atoms with Gasteiger partial charge in [-0.25, -0.2) is 13.8 Å². The molecule has 0 aliphatic rings. The van der Waals surface area contributed by atoms with Gasteiger partial charge < -0.3 is 10.1 Å². The largest absolute Gasteiger partial charge is 0.480 e. The third-order valence-electron chi connectivity index (χ3n) is 2.50. The number of nitrogens with zero attached hydrogens (tertiary/aromatic N) is 1. The van der Waals surface area contributed by atoms with Gasteiger partial charge in [0.05, 0.1) is 12.8 Å². The summed E-state index contributed by atoms with van der Waals surface area (Å²) in [6, 6.07) is 5.24. The maximum Gasteiger partial charge on any atom is 0.237 e. The van der Waals surface area contributed by atoms with E-state index in [1.54, 1.807) is 12.3 Å². The van der Waals surface area contributed by atoms with Crippen LogP contribution in [-0.2, 0) is 6.54 Å². The van der Waals surface area contributed by atoms with E-state index in [4.69, 9.17) is 4.74 Å². The fourth-order valence-electron chi connectivity index (χ4n) is 1.57. The minimum Gasteiger partial charge on any atom is -0.480 e. The molecule has 0 atom stereocenters. The van der Waals surface area contributed by atoms with Crippen molar-refractivity contribution in [1.82, 2.24) is 4.98 Å². The van der Waals surface area contributed by atoms with Crippen LogP contribution in [0.15, 0.2) is 34.9 Å². The maximum atomic E-state index is 13.5. The first-order chi connectivity index (χ1) is 9.10. The van der Waals surface area contributed by atoms with Crippen LogP contribution in [0, 0.1) is 11.6 Å². The summed E-state index contributed by atoms with van der Waals surface area (Å²) in [6.07, 6.45) is 1.60. The van der Waals surface area contributed by atoms with Gasteiger partial charge >= 0.3 is 0 Å². The predicted octanol–water partition coefficient (Wildman–Crippen LogP) is 3.74. The smallest absolute Gasteiger partial charge is 0.237 e. The van der Waals surface area contributed by atoms with E-state index < -0.39 is 11.6 Å². The number of methoxy groups -OCH3 is 1. The molecule has 0 spiro atoms. The van der Waals surface area contributed by atoms with E-state index in [1.165, 1.54) is 19.2 Å². The van der Waals surface area contributed by atoms with Crippen LogP contribution in [-0.4, -0.2) is 12.1 Å². The summed E-state index contributed by atoms with van der Waals surface area (Å²) in [4.78, 5) is 4.06. The highest BCUT2D eigenvalue weighted by Crippen LogP contribution is 2.25. The molecule has 2 aromatic rings. The molecular formula is C13H11BrF2N2O. The van der Waals surface area contributed by atoms with E-state index in [2.05, 4.69) is 26.2 Å². The standard InChI is InChI=1S/C13H11BrF2N2O/c1-19-13-12(4-9(14)7-18-13)17-6-8-2-3-10(15)5-11(8)16/h2-5,7,17H,6H2,1H3. The summed E-state index contributed by atoms with van der Waals surface area (Å²) in [5, 5.41) is 3.00. The zero-order valence-electron chi connectivity index (χ0n) is 10.1. The molecule has 1 aromatic carbocycles. The third kappa shape index (κ3) is 3.41. The second-order valence-corrected chi connectivity index (χ2v) is 4.72. The van der Waals surface area contributed by atoms with Crippen LogP contribution in [0.2, 0.25) is 0 Å². The molecule has 0 aliphatic heterocycles. The highest BCUT2D eigenvalue weighted by atomic mass is 79.9. The number of aromatic nitrogens is 1. The zero-order valence-corrected chi connectivity index (χ0v) is 11.7. The average Bonchev–Trinajstić information content (AvgIpc) is 2.38. The number of pyridine rings is 1. The molecule has 0 amide bonds. The van der Waals surface area contributed by atoms with Gasteiger partial charge in [-0.15, -0.1) is 0 Å². The highest BCUT2D eigenvalue weighted by Gasteiger charge is 2.07. The summed E-state index contributed by atoms with van der Waals surface area (Å²) in [6.45, 7) is 0.209. The molecular weight excluding hydrogens is 318 g/mol. The molecule has 0 saturated heterocycles. The van der Waals surface area contributed by atoms with Crippen molar-refractivity contribution in [1.29, 1.82) is 0 Å². The molecule has 0 radical (unpaired) electrons. The molecule has 1 heterocycles. The second kappa shape index (κ2) is 5.97. The van der Waals surface area contributed by atoms with E-state index in [-0.39, 0.29) is 6.54 Å². The Labute approximate surface area is 117 Å². The Bertz CT molecular complexity index is 593. The molecule has 100 valence electrons. The highest BCUT2D eigenvalue weighted by molar-refractivity contribution is 9.10. The Morgan fingerprint density at radius 2 is 2.11 bits per heavy atom. The van der Waals surface area contributed by atoms with Gasteiger partial charge in [-0.05, 0) is 28.1 Å². The number of ether oxygens (including phenoxy) is 1. The van der Waals surface area contributed by atoms with Crippen molar-refractivity contribution in [2.24, 2.45) is 0 Å². The van der Waals surface area contributed by atoms with Crippen molar-refractivity contribution in [2.45, 2.75) is 6.54 Å². The van der Waals surface area contributed by atoms with E-state index in [1.807, 2.05) is 0 Å². The number of halogens is 3. The molecule has 2 rings (SSSR count). The SMILES string of the molecule is COc1ncc(Br)cc1NCc1ccc(F)cc1F. The lowest BCUT2D eigenvalue weighted by Gasteiger charge is -2.11. The van der Waals surface area contributed by atoms with Gasteiger partial charge in [-0.3, -0.25) is 0 Å². The van der Waals surface area contributed by atoms with E-state index in [0.29, 0.717) is 17.1 Å². The molecule has 0 fully saturated rings. The first-order valence-corrected chi connectivity index (χ1v) is 6.27. The molecule has 1 aromatic heterocycles. The summed E-state index contributed by atoms with van der Waals surface area (Å²) in [5.74, 6) is -0.775. The van der Waals surface area contributed by atoms with E-state index in [9.17, 15) is 8.78 Å². The van der Waals surface area contributed by atoms with Crippen molar-refractivity contribution in [2.75, 3.05) is 12.4 Å². The molecule has 0 unspecified atom stereocenters. The summed E-state index contributed by atoms with van der Waals surface area (Å²) in [5.41, 5.74) is 0.990. The number of benzene rings is 1. The van der Waals surface area contributed by atoms with Crippen molar-refractivity contribution in [3.05, 3.63) is 52.1 Å². The van der Waals surface area contributed by atoms with Crippen molar-refractivity contribution in [3.63, 3.8) is 0 Å². The van der Waals surface area contributed by atoms with Gasteiger partial charge in [-0.1, -0.05) is 6.07 Å². The quantitative estimate of drug-likeness (QED) is 0.928. The normalized spacial score (nSPS) is 10.3. The lowest BCUT2D eigenvalue weighted by Crippen LogP contribution is -2.04. The lowest BCUT2D eigenvalue weighted by molar-refractivity contribution is 0.399. The fourth-order valence-corrected chi connectivity index (χ4v) is 1.90. The Hall–Kier alpha value is -1.69. The number of nitrogens with one attached hydrogen (secondary N) is 1. The van der Waals surface area contributed by atoms with Crippen molar-refractivity contribution < 1.29 is 13.5 Å². The van der Waals surface area contributed by atoms with Crippen LogP contribution >= 0.6 is 15.9 Å². The number of anilines is 1. The maximum absolute atomic E-state index is 13.5. The van der Waals surface area contributed by atoms with Crippen molar-refractivity contribution >= 4 is 21.6 Å². The average molecular weight is 329 g/mol. The van der Waals surface area contributed by atoms with Gasteiger partial charge in [0.2, 0.25) is 5.88 Å². The minimum absolute atomic E-state index is 0.209. The van der Waals surface area contributed by atoms with Crippen LogP contribution < -0.4 is 10.1 Å². The Morgan fingerprint density at radius 1 is 1.32 bits per heavy atom. The Morgan fingerprint density at radius 3 is 2.79 bits per heavy atom. The first kappa shape index (κ1) is 13.7. The molecule has 0 bridgehead atoms. The molecule has 0 aliphatic carbocycles. The Balaban J connectivity index is 2.16. The third-order valence-corrected chi connectivity index (χ3v) is 2.93. The number of hydrogen-bond acceptors (Lipinski definition) is 3. The molecule has 0 saturated carbocycles. The summed E-state index contributed by atoms with van der Waals surface area (Å²) in [7, 11) is 1.50. The van der Waals surface area contributed by atoms with E-state index >= 15 is 0 Å². The second-order valence-electron chi connectivity index (χ2n) is 3.80. The topological polar surface area (TPSA) is 34.1 Å². The zero-order chi connectivity index (χ0) is 13.8. The van der Waals surface area contributed by atoms with Gasteiger partial charge in [-0.2, -0.15) is 0 Å². The monoisotopic (exact) mass is 328 g/mol. The predicted molar refractivity (Wildman–Crippen MR) is 72.2 cm³/mol. The van der Waals surface area contributed by atoms with Crippen LogP contribution in [0.4, 0.5) is 14.5 Å². The first-order valence-electron chi connectivity index (χ1n) is 5.47. The molecule has 1 N–H and O–H groups in total. The van der Waals surface area contributed by atoms with Gasteiger partial charge in [0.1, 0.15) is 11.6 Å². The van der Waals surface area contributed by atoms with Crippen LogP contribution in [0.5, 0.6) is 5.88 Å².